The van der Waals surface area contributed by atoms with E-state index in [0.717, 1.165) is 29.3 Å². The first-order chi connectivity index (χ1) is 13.8. The van der Waals surface area contributed by atoms with Crippen LogP contribution in [0.1, 0.15) is 22.8 Å². The summed E-state index contributed by atoms with van der Waals surface area (Å²) in [6, 6.07) is 13.7. The van der Waals surface area contributed by atoms with E-state index in [-0.39, 0.29) is 5.25 Å². The lowest BCUT2D eigenvalue weighted by Gasteiger charge is -2.19. The second-order valence-corrected chi connectivity index (χ2v) is 8.39. The summed E-state index contributed by atoms with van der Waals surface area (Å²) in [6.45, 7) is 0.886. The molecule has 1 atom stereocenters. The molecule has 29 heavy (non-hydrogen) atoms. The van der Waals surface area contributed by atoms with Gasteiger partial charge in [-0.25, -0.2) is 4.98 Å². The topological polar surface area (TPSA) is 81.2 Å². The van der Waals surface area contributed by atoms with Gasteiger partial charge in [0.1, 0.15) is 0 Å². The van der Waals surface area contributed by atoms with E-state index in [2.05, 4.69) is 21.7 Å². The monoisotopic (exact) mass is 473 g/mol. The normalized spacial score (nSPS) is 11.4. The Labute approximate surface area is 187 Å². The molecule has 0 saturated heterocycles. The van der Waals surface area contributed by atoms with Crippen molar-refractivity contribution in [2.75, 3.05) is 0 Å². The minimum absolute atomic E-state index is 0.267. The summed E-state index contributed by atoms with van der Waals surface area (Å²) in [7, 11) is 0. The third kappa shape index (κ3) is 8.53. The largest absolute Gasteiger partial charge is 0.337 e. The van der Waals surface area contributed by atoms with Crippen LogP contribution in [-0.2, 0) is 12.3 Å². The Morgan fingerprint density at radius 1 is 1.14 bits per heavy atom. The summed E-state index contributed by atoms with van der Waals surface area (Å²) in [4.78, 5) is 12.5. The Morgan fingerprint density at radius 3 is 2.38 bits per heavy atom. The molecule has 0 aliphatic carbocycles. The minimum Gasteiger partial charge on any atom is -0.337 e. The Kier molecular flexibility index (Phi) is 9.60. The van der Waals surface area contributed by atoms with Crippen LogP contribution in [0.15, 0.2) is 61.2 Å². The zero-order chi connectivity index (χ0) is 21.2. The van der Waals surface area contributed by atoms with Crippen LogP contribution in [0.4, 0.5) is 0 Å². The summed E-state index contributed by atoms with van der Waals surface area (Å²) < 4.78 is 2.08. The van der Waals surface area contributed by atoms with Crippen molar-refractivity contribution >= 4 is 46.6 Å². The van der Waals surface area contributed by atoms with E-state index in [0.29, 0.717) is 10.0 Å². The van der Waals surface area contributed by atoms with E-state index in [9.17, 15) is 0 Å². The first-order valence-corrected chi connectivity index (χ1v) is 10.6. The van der Waals surface area contributed by atoms with Crippen LogP contribution in [-0.4, -0.2) is 19.8 Å². The molecular weight excluding hydrogens is 457 g/mol. The van der Waals surface area contributed by atoms with Gasteiger partial charge in [-0.2, -0.15) is 0 Å². The summed E-state index contributed by atoms with van der Waals surface area (Å²) in [5, 5.41) is 16.0. The Morgan fingerprint density at radius 2 is 1.79 bits per heavy atom. The molecule has 0 aliphatic rings. The van der Waals surface area contributed by atoms with E-state index in [1.165, 1.54) is 5.56 Å². The van der Waals surface area contributed by atoms with Crippen molar-refractivity contribution < 1.29 is 10.3 Å². The molecule has 2 aromatic carbocycles. The highest BCUT2D eigenvalue weighted by molar-refractivity contribution is 7.98. The maximum absolute atomic E-state index is 8.36. The van der Waals surface area contributed by atoms with Crippen molar-refractivity contribution in [3.05, 3.63) is 97.5 Å². The lowest BCUT2D eigenvalue weighted by molar-refractivity contribution is -0.742. The number of hydrogen-bond donors (Lipinski definition) is 1. The lowest BCUT2D eigenvalue weighted by atomic mass is 10.1. The van der Waals surface area contributed by atoms with Crippen molar-refractivity contribution in [1.82, 2.24) is 9.55 Å². The van der Waals surface area contributed by atoms with Crippen molar-refractivity contribution in [3.8, 4) is 0 Å². The average molecular weight is 475 g/mol. The van der Waals surface area contributed by atoms with Crippen molar-refractivity contribution in [2.24, 2.45) is 0 Å². The maximum atomic E-state index is 8.36. The van der Waals surface area contributed by atoms with Gasteiger partial charge >= 0.3 is 0 Å². The standard InChI is InChI=1S/C19H17Cl3N2S.HNO3/c20-15-3-1-14(2-4-15)12-25-19(7-9-24-10-8-23-13-24)17-6-5-16(21)11-18(17)22;2-1(3)4/h1-6,8,10-11,13,19H,7,9,12H2;(H,2,3,4). The molecule has 1 unspecified atom stereocenters. The van der Waals surface area contributed by atoms with Gasteiger partial charge in [0.05, 0.1) is 6.33 Å². The highest BCUT2D eigenvalue weighted by Crippen LogP contribution is 2.39. The zero-order valence-electron chi connectivity index (χ0n) is 15.1. The van der Waals surface area contributed by atoms with Gasteiger partial charge in [-0.15, -0.1) is 21.9 Å². The summed E-state index contributed by atoms with van der Waals surface area (Å²) in [5.41, 5.74) is 2.36. The fourth-order valence-corrected chi connectivity index (χ4v) is 4.53. The molecule has 3 rings (SSSR count). The van der Waals surface area contributed by atoms with E-state index in [4.69, 9.17) is 50.1 Å². The molecule has 1 N–H and O–H groups in total. The molecule has 0 radical (unpaired) electrons. The number of benzene rings is 2. The van der Waals surface area contributed by atoms with E-state index < -0.39 is 5.09 Å². The predicted octanol–water partition coefficient (Wildman–Crippen LogP) is 6.56. The third-order valence-corrected chi connectivity index (χ3v) is 6.09. The third-order valence-electron chi connectivity index (χ3n) is 3.88. The number of hydrogen-bond acceptors (Lipinski definition) is 4. The second kappa shape index (κ2) is 11.9. The van der Waals surface area contributed by atoms with Gasteiger partial charge in [-0.05, 0) is 41.8 Å². The van der Waals surface area contributed by atoms with Crippen LogP contribution < -0.4 is 0 Å². The van der Waals surface area contributed by atoms with E-state index >= 15 is 0 Å². The predicted molar refractivity (Wildman–Crippen MR) is 118 cm³/mol. The number of aryl methyl sites for hydroxylation is 1. The lowest BCUT2D eigenvalue weighted by Crippen LogP contribution is -2.03. The number of nitrogens with zero attached hydrogens (tertiary/aromatic N) is 3. The highest BCUT2D eigenvalue weighted by atomic mass is 35.5. The van der Waals surface area contributed by atoms with Crippen molar-refractivity contribution in [1.29, 1.82) is 0 Å². The molecule has 0 fully saturated rings. The van der Waals surface area contributed by atoms with Gasteiger partial charge in [0, 0.05) is 45.0 Å². The number of aromatic nitrogens is 2. The average Bonchev–Trinajstić information content (AvgIpc) is 3.17. The minimum atomic E-state index is -1.50. The quantitative estimate of drug-likeness (QED) is 0.310. The molecule has 0 spiro atoms. The number of thioether (sulfide) groups is 1. The molecule has 1 aromatic heterocycles. The summed E-state index contributed by atoms with van der Waals surface area (Å²) in [6.07, 6.45) is 6.57. The van der Waals surface area contributed by atoms with Crippen LogP contribution in [0.3, 0.4) is 0 Å². The van der Waals surface area contributed by atoms with Gasteiger partial charge in [-0.3, -0.25) is 0 Å². The van der Waals surface area contributed by atoms with Gasteiger partial charge in [0.2, 0.25) is 0 Å². The summed E-state index contributed by atoms with van der Waals surface area (Å²) in [5.74, 6) is 0.894. The Balaban J connectivity index is 0.000000687. The molecule has 0 saturated carbocycles. The zero-order valence-corrected chi connectivity index (χ0v) is 18.2. The SMILES string of the molecule is Clc1ccc(CSC(CCn2ccnc2)c2ccc(Cl)cc2Cl)cc1.O=[N+]([O-])O. The van der Waals surface area contributed by atoms with Gasteiger partial charge in [-0.1, -0.05) is 53.0 Å². The van der Waals surface area contributed by atoms with Crippen LogP contribution in [0.25, 0.3) is 0 Å². The Hall–Kier alpha value is -1.93. The number of imidazole rings is 1. The van der Waals surface area contributed by atoms with E-state index in [1.807, 2.05) is 54.6 Å². The van der Waals surface area contributed by atoms with Crippen LogP contribution in [0, 0.1) is 10.1 Å². The second-order valence-electron chi connectivity index (χ2n) is 5.92. The molecular formula is C19H18Cl3N3O3S. The fraction of sp³-hybridized carbons (Fsp3) is 0.211. The summed E-state index contributed by atoms with van der Waals surface area (Å²) >= 11 is 20.3. The van der Waals surface area contributed by atoms with Crippen LogP contribution >= 0.6 is 46.6 Å². The smallest absolute Gasteiger partial charge is 0.291 e. The maximum Gasteiger partial charge on any atom is 0.291 e. The van der Waals surface area contributed by atoms with Crippen molar-refractivity contribution in [2.45, 2.75) is 24.0 Å². The first-order valence-electron chi connectivity index (χ1n) is 8.45. The Bertz CT molecular complexity index is 905. The van der Waals surface area contributed by atoms with Crippen LogP contribution in [0.2, 0.25) is 15.1 Å². The van der Waals surface area contributed by atoms with Crippen LogP contribution in [0.5, 0.6) is 0 Å². The number of halogens is 3. The van der Waals surface area contributed by atoms with Gasteiger partial charge in [0.15, 0.2) is 0 Å². The molecule has 10 heteroatoms. The van der Waals surface area contributed by atoms with Crippen molar-refractivity contribution in [3.63, 3.8) is 0 Å². The molecule has 154 valence electrons. The number of rotatable bonds is 7. The molecule has 0 bridgehead atoms. The van der Waals surface area contributed by atoms with Gasteiger partial charge in [0.25, 0.3) is 5.09 Å². The molecule has 0 aliphatic heterocycles. The van der Waals surface area contributed by atoms with Gasteiger partial charge < -0.3 is 9.77 Å². The first kappa shape index (κ1) is 23.3. The van der Waals surface area contributed by atoms with E-state index in [1.54, 1.807) is 6.20 Å². The fourth-order valence-electron chi connectivity index (χ4n) is 2.55. The highest BCUT2D eigenvalue weighted by Gasteiger charge is 2.16. The molecule has 0 amide bonds. The molecule has 6 nitrogen and oxygen atoms in total. The molecule has 3 aromatic rings. The molecule has 1 heterocycles.